The highest BCUT2D eigenvalue weighted by Crippen LogP contribution is 2.44. The number of nitrogens with zero attached hydrogens (tertiary/aromatic N) is 2. The summed E-state index contributed by atoms with van der Waals surface area (Å²) in [5, 5.41) is 3.87. The number of methoxy groups -OCH3 is 1. The summed E-state index contributed by atoms with van der Waals surface area (Å²) in [6.07, 6.45) is 4.42. The van der Waals surface area contributed by atoms with E-state index in [0.717, 1.165) is 11.5 Å². The van der Waals surface area contributed by atoms with Gasteiger partial charge in [-0.1, -0.05) is 30.0 Å². The molecule has 0 aliphatic carbocycles. The Balaban J connectivity index is 1.79. The number of rotatable bonds is 2. The van der Waals surface area contributed by atoms with Crippen LogP contribution >= 0.6 is 23.5 Å². The van der Waals surface area contributed by atoms with Crippen LogP contribution < -0.4 is 9.14 Å². The molecule has 3 nitrogen and oxygen atoms in total. The van der Waals surface area contributed by atoms with E-state index in [-0.39, 0.29) is 0 Å². The smallest absolute Gasteiger partial charge is 0.250 e. The number of benzene rings is 2. The van der Waals surface area contributed by atoms with Crippen LogP contribution in [0, 0.1) is 0 Å². The first-order chi connectivity index (χ1) is 14.7. The number of ether oxygens (including phenoxy) is 1. The van der Waals surface area contributed by atoms with Crippen molar-refractivity contribution in [3.05, 3.63) is 66.4 Å². The van der Waals surface area contributed by atoms with Gasteiger partial charge in [0.15, 0.2) is 6.20 Å². The van der Waals surface area contributed by atoms with Crippen molar-refractivity contribution in [1.29, 1.82) is 0 Å². The maximum atomic E-state index is 5.49. The van der Waals surface area contributed by atoms with Crippen molar-refractivity contribution in [3.8, 4) is 16.9 Å². The van der Waals surface area contributed by atoms with E-state index in [1.807, 2.05) is 29.6 Å². The molecule has 0 amide bonds. The predicted octanol–water partition coefficient (Wildman–Crippen LogP) is 6.07. The molecule has 0 atom stereocenters. The summed E-state index contributed by atoms with van der Waals surface area (Å²) in [7, 11) is 3.88. The van der Waals surface area contributed by atoms with E-state index in [1.165, 1.54) is 53.9 Å². The first-order valence-corrected chi connectivity index (χ1v) is 12.1. The molecule has 6 rings (SSSR count). The molecule has 3 aromatic heterocycles. The van der Waals surface area contributed by atoms with Crippen LogP contribution in [-0.2, 0) is 12.8 Å². The number of aryl methyl sites for hydroxylation is 1. The molecule has 5 aromatic rings. The molecule has 0 fully saturated rings. The van der Waals surface area contributed by atoms with Crippen LogP contribution in [0.2, 0.25) is 0 Å². The average Bonchev–Trinajstić information content (AvgIpc) is 3.09. The second-order valence-corrected chi connectivity index (χ2v) is 9.42. The lowest BCUT2D eigenvalue weighted by atomic mass is 10.0. The van der Waals surface area contributed by atoms with Gasteiger partial charge in [-0.3, -0.25) is 0 Å². The predicted molar refractivity (Wildman–Crippen MR) is 127 cm³/mol. The first-order valence-electron chi connectivity index (χ1n) is 9.94. The lowest BCUT2D eigenvalue weighted by molar-refractivity contribution is -0.554. The third kappa shape index (κ3) is 2.39. The summed E-state index contributed by atoms with van der Waals surface area (Å²) in [6.45, 7) is 0. The lowest BCUT2D eigenvalue weighted by Gasteiger charge is -2.19. The van der Waals surface area contributed by atoms with E-state index >= 15 is 0 Å². The molecule has 30 heavy (non-hydrogen) atoms. The molecule has 1 aliphatic heterocycles. The Bertz CT molecular complexity index is 1490. The van der Waals surface area contributed by atoms with Gasteiger partial charge in [0.25, 0.3) is 0 Å². The topological polar surface area (TPSA) is 18.3 Å². The highest BCUT2D eigenvalue weighted by molar-refractivity contribution is 7.99. The van der Waals surface area contributed by atoms with E-state index in [4.69, 9.17) is 4.74 Å². The van der Waals surface area contributed by atoms with Gasteiger partial charge < -0.3 is 9.30 Å². The summed E-state index contributed by atoms with van der Waals surface area (Å²) >= 11 is 3.77. The molecule has 0 bridgehead atoms. The Morgan fingerprint density at radius 3 is 2.73 bits per heavy atom. The molecular weight excluding hydrogens is 408 g/mol. The zero-order chi connectivity index (χ0) is 20.4. The monoisotopic (exact) mass is 429 g/mol. The molecule has 5 heteroatoms. The molecule has 0 N–H and O–H groups in total. The molecular formula is C25H21N2OS2+. The maximum Gasteiger partial charge on any atom is 0.250 e. The normalized spacial score (nSPS) is 13.0. The number of hydrogen-bond acceptors (Lipinski definition) is 3. The fraction of sp³-hybridized carbons (Fsp3) is 0.160. The van der Waals surface area contributed by atoms with Crippen LogP contribution in [0.3, 0.4) is 0 Å². The van der Waals surface area contributed by atoms with Crippen molar-refractivity contribution in [1.82, 2.24) is 4.57 Å². The Labute approximate surface area is 183 Å². The van der Waals surface area contributed by atoms with Crippen LogP contribution in [-0.4, -0.2) is 17.9 Å². The molecule has 148 valence electrons. The first kappa shape index (κ1) is 18.2. The Morgan fingerprint density at radius 1 is 1.03 bits per heavy atom. The van der Waals surface area contributed by atoms with E-state index in [2.05, 4.69) is 77.0 Å². The second kappa shape index (κ2) is 6.69. The number of aromatic nitrogens is 2. The molecule has 0 saturated carbocycles. The van der Waals surface area contributed by atoms with Crippen molar-refractivity contribution < 1.29 is 9.14 Å². The van der Waals surface area contributed by atoms with Crippen LogP contribution in [0.25, 0.3) is 38.4 Å². The molecule has 4 heterocycles. The number of hydrogen-bond donors (Lipinski definition) is 0. The standard InChI is InChI=1S/C25H21N2OS2/c1-26-21-12-15(28-2)8-9-16(21)18-10-11-27-22(24(18)26)13-19-17-6-4-5-7-23(17)30-14-20(19)25(27)29-3/h4-13H,14H2,1-3H3/q+1. The van der Waals surface area contributed by atoms with Gasteiger partial charge in [0, 0.05) is 57.8 Å². The largest absolute Gasteiger partial charge is 0.497 e. The van der Waals surface area contributed by atoms with Crippen LogP contribution in [0.1, 0.15) is 5.56 Å². The molecule has 2 aromatic carbocycles. The van der Waals surface area contributed by atoms with Crippen LogP contribution in [0.15, 0.2) is 70.7 Å². The van der Waals surface area contributed by atoms with Crippen LogP contribution in [0.5, 0.6) is 5.75 Å². The van der Waals surface area contributed by atoms with E-state index in [1.54, 1.807) is 7.11 Å². The Hall–Kier alpha value is -2.63. The molecule has 0 spiro atoms. The van der Waals surface area contributed by atoms with Gasteiger partial charge >= 0.3 is 0 Å². The maximum absolute atomic E-state index is 5.49. The minimum atomic E-state index is 0.887. The van der Waals surface area contributed by atoms with Gasteiger partial charge in [-0.2, -0.15) is 4.40 Å². The number of thioether (sulfide) groups is 2. The summed E-state index contributed by atoms with van der Waals surface area (Å²) in [5.74, 6) is 1.90. The fourth-order valence-corrected chi connectivity index (χ4v) is 6.74. The third-order valence-electron chi connectivity index (χ3n) is 6.17. The van der Waals surface area contributed by atoms with Gasteiger partial charge in [-0.25, -0.2) is 0 Å². The minimum Gasteiger partial charge on any atom is -0.497 e. The third-order valence-corrected chi connectivity index (χ3v) is 8.09. The summed E-state index contributed by atoms with van der Waals surface area (Å²) in [4.78, 5) is 1.37. The fourth-order valence-electron chi connectivity index (χ4n) is 4.76. The second-order valence-electron chi connectivity index (χ2n) is 7.61. The van der Waals surface area contributed by atoms with Crippen molar-refractivity contribution in [3.63, 3.8) is 0 Å². The van der Waals surface area contributed by atoms with Crippen molar-refractivity contribution in [2.45, 2.75) is 15.7 Å². The lowest BCUT2D eigenvalue weighted by Crippen LogP contribution is -2.27. The quantitative estimate of drug-likeness (QED) is 0.250. The zero-order valence-electron chi connectivity index (χ0n) is 17.1. The highest BCUT2D eigenvalue weighted by atomic mass is 32.2. The highest BCUT2D eigenvalue weighted by Gasteiger charge is 2.28. The SMILES string of the molecule is COc1ccc2c3cc[n+]4c(SC)c5c(cc4c3n(C)c2c1)-c1ccccc1SC5. The average molecular weight is 430 g/mol. The van der Waals surface area contributed by atoms with E-state index in [9.17, 15) is 0 Å². The summed E-state index contributed by atoms with van der Waals surface area (Å²) < 4.78 is 10.2. The van der Waals surface area contributed by atoms with Gasteiger partial charge in [-0.15, -0.1) is 11.8 Å². The van der Waals surface area contributed by atoms with E-state index in [0.29, 0.717) is 0 Å². The van der Waals surface area contributed by atoms with Gasteiger partial charge in [-0.05, 0) is 30.0 Å². The van der Waals surface area contributed by atoms with Gasteiger partial charge in [0.05, 0.1) is 12.6 Å². The van der Waals surface area contributed by atoms with Crippen LogP contribution in [0.4, 0.5) is 0 Å². The zero-order valence-corrected chi connectivity index (χ0v) is 18.7. The minimum absolute atomic E-state index is 0.887. The summed E-state index contributed by atoms with van der Waals surface area (Å²) in [6, 6.07) is 19.8. The Kier molecular flexibility index (Phi) is 4.05. The van der Waals surface area contributed by atoms with Gasteiger partial charge in [0.1, 0.15) is 11.3 Å². The summed E-state index contributed by atoms with van der Waals surface area (Å²) in [5.41, 5.74) is 7.84. The Morgan fingerprint density at radius 2 is 1.90 bits per heavy atom. The van der Waals surface area contributed by atoms with Crippen molar-refractivity contribution in [2.24, 2.45) is 7.05 Å². The molecule has 0 radical (unpaired) electrons. The molecule has 1 aliphatic rings. The van der Waals surface area contributed by atoms with Gasteiger partial charge in [0.2, 0.25) is 10.5 Å². The molecule has 0 saturated heterocycles. The number of pyridine rings is 2. The van der Waals surface area contributed by atoms with E-state index < -0.39 is 0 Å². The van der Waals surface area contributed by atoms with Crippen molar-refractivity contribution >= 4 is 50.8 Å². The molecule has 0 unspecified atom stereocenters. The number of fused-ring (bicyclic) bond motifs is 8. The van der Waals surface area contributed by atoms with Crippen molar-refractivity contribution in [2.75, 3.05) is 13.4 Å².